The summed E-state index contributed by atoms with van der Waals surface area (Å²) >= 11 is 1.49. The number of Topliss-reactive ketones (excluding diaryl/α,β-unsaturated/α-hetero) is 1. The number of hydrogen-bond acceptors (Lipinski definition) is 6. The van der Waals surface area contributed by atoms with Gasteiger partial charge in [0.05, 0.1) is 10.6 Å². The van der Waals surface area contributed by atoms with Crippen LogP contribution in [0.3, 0.4) is 0 Å². The molecule has 3 rings (SSSR count). The molecule has 1 aromatic heterocycles. The quantitative estimate of drug-likeness (QED) is 0.669. The minimum Gasteiger partial charge on any atom is -0.302 e. The summed E-state index contributed by atoms with van der Waals surface area (Å²) in [6.45, 7) is 3.54. The van der Waals surface area contributed by atoms with Gasteiger partial charge < -0.3 is 5.32 Å². The lowest BCUT2D eigenvalue weighted by molar-refractivity contribution is -0.116. The molecule has 0 bridgehead atoms. The van der Waals surface area contributed by atoms with Crippen molar-refractivity contribution in [2.24, 2.45) is 5.92 Å². The highest BCUT2D eigenvalue weighted by molar-refractivity contribution is 7.89. The number of hydrogen-bond donors (Lipinski definition) is 2. The number of anilines is 1. The third-order valence-electron chi connectivity index (χ3n) is 4.63. The molecule has 1 aliphatic rings. The second-order valence-electron chi connectivity index (χ2n) is 7.02. The molecule has 0 spiro atoms. The topological polar surface area (TPSA) is 105 Å². The number of ketones is 1. The molecule has 1 atom stereocenters. The van der Waals surface area contributed by atoms with Crippen LogP contribution >= 0.6 is 11.3 Å². The summed E-state index contributed by atoms with van der Waals surface area (Å²) in [5.41, 5.74) is 1.38. The van der Waals surface area contributed by atoms with Crippen LogP contribution in [0.1, 0.15) is 47.6 Å². The van der Waals surface area contributed by atoms with E-state index in [2.05, 4.69) is 21.9 Å². The fourth-order valence-corrected chi connectivity index (χ4v) is 5.30. The summed E-state index contributed by atoms with van der Waals surface area (Å²) in [5.74, 6) is 0.128. The Labute approximate surface area is 168 Å². The maximum atomic E-state index is 12.3. The SMILES string of the molecule is CC(=O)c1cccc(S(=O)(=O)NCCC(=O)Nc2nc3c(s2)CC(C)CC3)c1. The summed E-state index contributed by atoms with van der Waals surface area (Å²) in [6.07, 6.45) is 3.02. The van der Waals surface area contributed by atoms with Crippen LogP contribution in [0.25, 0.3) is 0 Å². The van der Waals surface area contributed by atoms with Crippen LogP contribution in [-0.4, -0.2) is 31.6 Å². The molecule has 2 N–H and O–H groups in total. The Kier molecular flexibility index (Phi) is 6.26. The van der Waals surface area contributed by atoms with Crippen molar-refractivity contribution in [2.75, 3.05) is 11.9 Å². The van der Waals surface area contributed by atoms with E-state index in [4.69, 9.17) is 0 Å². The first-order valence-corrected chi connectivity index (χ1v) is 11.4. The number of nitrogens with zero attached hydrogens (tertiary/aromatic N) is 1. The van der Waals surface area contributed by atoms with Crippen LogP contribution in [0, 0.1) is 5.92 Å². The van der Waals surface area contributed by atoms with Crippen molar-refractivity contribution >= 4 is 38.2 Å². The fraction of sp³-hybridized carbons (Fsp3) is 0.421. The van der Waals surface area contributed by atoms with Gasteiger partial charge in [-0.05, 0) is 44.2 Å². The Hall–Kier alpha value is -2.10. The van der Waals surface area contributed by atoms with Crippen molar-refractivity contribution in [3.63, 3.8) is 0 Å². The molecule has 0 aliphatic heterocycles. The van der Waals surface area contributed by atoms with Crippen LogP contribution in [0.2, 0.25) is 0 Å². The normalized spacial score (nSPS) is 16.4. The van der Waals surface area contributed by atoms with Crippen molar-refractivity contribution in [2.45, 2.75) is 44.4 Å². The zero-order chi connectivity index (χ0) is 20.3. The highest BCUT2D eigenvalue weighted by atomic mass is 32.2. The predicted octanol–water partition coefficient (Wildman–Crippen LogP) is 2.78. The van der Waals surface area contributed by atoms with E-state index >= 15 is 0 Å². The number of aryl methyl sites for hydroxylation is 1. The number of carbonyl (C=O) groups excluding carboxylic acids is 2. The molecule has 0 saturated carbocycles. The van der Waals surface area contributed by atoms with Gasteiger partial charge in [0.25, 0.3) is 0 Å². The average Bonchev–Trinajstić information content (AvgIpc) is 3.02. The molecule has 1 unspecified atom stereocenters. The molecule has 1 amide bonds. The molecular weight excluding hydrogens is 398 g/mol. The number of nitrogens with one attached hydrogen (secondary N) is 2. The summed E-state index contributed by atoms with van der Waals surface area (Å²) in [4.78, 5) is 29.2. The molecule has 28 heavy (non-hydrogen) atoms. The number of amides is 1. The first-order valence-electron chi connectivity index (χ1n) is 9.13. The monoisotopic (exact) mass is 421 g/mol. The Bertz CT molecular complexity index is 998. The lowest BCUT2D eigenvalue weighted by Gasteiger charge is -2.15. The molecule has 9 heteroatoms. The predicted molar refractivity (Wildman–Crippen MR) is 108 cm³/mol. The number of aromatic nitrogens is 1. The van der Waals surface area contributed by atoms with Gasteiger partial charge in [0, 0.05) is 23.4 Å². The molecule has 1 heterocycles. The van der Waals surface area contributed by atoms with E-state index in [9.17, 15) is 18.0 Å². The zero-order valence-electron chi connectivity index (χ0n) is 15.8. The smallest absolute Gasteiger partial charge is 0.240 e. The number of carbonyl (C=O) groups is 2. The number of benzene rings is 1. The van der Waals surface area contributed by atoms with E-state index in [0.717, 1.165) is 25.0 Å². The molecule has 7 nitrogen and oxygen atoms in total. The van der Waals surface area contributed by atoms with Crippen molar-refractivity contribution in [1.29, 1.82) is 0 Å². The van der Waals surface area contributed by atoms with Crippen LogP contribution in [0.15, 0.2) is 29.2 Å². The summed E-state index contributed by atoms with van der Waals surface area (Å²) < 4.78 is 27.1. The van der Waals surface area contributed by atoms with Gasteiger partial charge >= 0.3 is 0 Å². The van der Waals surface area contributed by atoms with E-state index in [-0.39, 0.29) is 29.6 Å². The number of fused-ring (bicyclic) bond motifs is 1. The largest absolute Gasteiger partial charge is 0.302 e. The van der Waals surface area contributed by atoms with Gasteiger partial charge in [0.2, 0.25) is 15.9 Å². The fourth-order valence-electron chi connectivity index (χ4n) is 3.04. The third kappa shape index (κ3) is 5.03. The van der Waals surface area contributed by atoms with E-state index in [1.807, 2.05) is 0 Å². The molecule has 1 aromatic carbocycles. The van der Waals surface area contributed by atoms with Gasteiger partial charge in [-0.2, -0.15) is 0 Å². The van der Waals surface area contributed by atoms with E-state index in [0.29, 0.717) is 16.6 Å². The van der Waals surface area contributed by atoms with E-state index < -0.39 is 10.0 Å². The van der Waals surface area contributed by atoms with Gasteiger partial charge in [0.1, 0.15) is 0 Å². The second-order valence-corrected chi connectivity index (χ2v) is 9.87. The maximum Gasteiger partial charge on any atom is 0.240 e. The third-order valence-corrected chi connectivity index (χ3v) is 7.12. The van der Waals surface area contributed by atoms with E-state index in [1.54, 1.807) is 6.07 Å². The Morgan fingerprint density at radius 3 is 2.86 bits per heavy atom. The summed E-state index contributed by atoms with van der Waals surface area (Å²) in [6, 6.07) is 5.81. The Morgan fingerprint density at radius 2 is 2.11 bits per heavy atom. The van der Waals surface area contributed by atoms with Crippen molar-refractivity contribution in [3.8, 4) is 0 Å². The van der Waals surface area contributed by atoms with E-state index in [1.165, 1.54) is 41.3 Å². The lowest BCUT2D eigenvalue weighted by Crippen LogP contribution is -2.28. The first-order chi connectivity index (χ1) is 13.2. The molecule has 2 aromatic rings. The van der Waals surface area contributed by atoms with Crippen molar-refractivity contribution < 1.29 is 18.0 Å². The molecule has 0 saturated heterocycles. The molecule has 0 radical (unpaired) electrons. The van der Waals surface area contributed by atoms with Crippen LogP contribution in [-0.2, 0) is 27.7 Å². The Balaban J connectivity index is 1.54. The summed E-state index contributed by atoms with van der Waals surface area (Å²) in [5, 5.41) is 3.32. The maximum absolute atomic E-state index is 12.3. The second kappa shape index (κ2) is 8.50. The molecule has 150 valence electrons. The minimum absolute atomic E-state index is 0.00215. The van der Waals surface area contributed by atoms with Gasteiger partial charge in [-0.25, -0.2) is 18.1 Å². The number of rotatable bonds is 7. The van der Waals surface area contributed by atoms with Crippen LogP contribution in [0.4, 0.5) is 5.13 Å². The first kappa shape index (κ1) is 20.6. The van der Waals surface area contributed by atoms with Gasteiger partial charge in [-0.1, -0.05) is 19.1 Å². The average molecular weight is 422 g/mol. The van der Waals surface area contributed by atoms with Gasteiger partial charge in [-0.15, -0.1) is 11.3 Å². The number of sulfonamides is 1. The molecule has 1 aliphatic carbocycles. The van der Waals surface area contributed by atoms with Crippen LogP contribution in [0.5, 0.6) is 0 Å². The minimum atomic E-state index is -3.79. The number of thiazole rings is 1. The Morgan fingerprint density at radius 1 is 1.32 bits per heavy atom. The molecular formula is C19H23N3O4S2. The van der Waals surface area contributed by atoms with Gasteiger partial charge in [-0.3, -0.25) is 9.59 Å². The van der Waals surface area contributed by atoms with Crippen molar-refractivity contribution in [3.05, 3.63) is 40.4 Å². The van der Waals surface area contributed by atoms with Crippen LogP contribution < -0.4 is 10.0 Å². The standard InChI is InChI=1S/C19H23N3O4S2/c1-12-6-7-16-17(10-12)27-19(21-16)22-18(24)8-9-20-28(25,26)15-5-3-4-14(11-15)13(2)23/h3-5,11-12,20H,6-10H2,1-2H3,(H,21,22,24). The highest BCUT2D eigenvalue weighted by Crippen LogP contribution is 2.32. The highest BCUT2D eigenvalue weighted by Gasteiger charge is 2.21. The zero-order valence-corrected chi connectivity index (χ0v) is 17.5. The lowest BCUT2D eigenvalue weighted by atomic mass is 9.93. The van der Waals surface area contributed by atoms with Crippen molar-refractivity contribution in [1.82, 2.24) is 9.71 Å². The molecule has 0 fully saturated rings. The van der Waals surface area contributed by atoms with Gasteiger partial charge in [0.15, 0.2) is 10.9 Å². The summed E-state index contributed by atoms with van der Waals surface area (Å²) in [7, 11) is -3.79.